The van der Waals surface area contributed by atoms with E-state index in [1.54, 1.807) is 25.4 Å². The number of rotatable bonds is 7. The van der Waals surface area contributed by atoms with Crippen LogP contribution in [0.5, 0.6) is 0 Å². The largest absolute Gasteiger partial charge is 0.385 e. The van der Waals surface area contributed by atoms with E-state index in [4.69, 9.17) is 10.00 Å². The molecule has 1 aromatic carbocycles. The minimum Gasteiger partial charge on any atom is -0.385 e. The zero-order chi connectivity index (χ0) is 14.9. The Labute approximate surface area is 123 Å². The lowest BCUT2D eigenvalue weighted by Crippen LogP contribution is -2.07. The third kappa shape index (κ3) is 4.75. The number of hydrogen-bond donors (Lipinski definition) is 2. The first kappa shape index (κ1) is 14.8. The Kier molecular flexibility index (Phi) is 5.50. The van der Waals surface area contributed by atoms with Crippen molar-refractivity contribution >= 4 is 17.5 Å². The van der Waals surface area contributed by atoms with Gasteiger partial charge in [-0.05, 0) is 36.8 Å². The predicted octanol–water partition coefficient (Wildman–Crippen LogP) is 2.54. The van der Waals surface area contributed by atoms with Crippen LogP contribution in [0.3, 0.4) is 0 Å². The van der Waals surface area contributed by atoms with Gasteiger partial charge in [-0.3, -0.25) is 0 Å². The van der Waals surface area contributed by atoms with E-state index >= 15 is 0 Å². The molecule has 0 radical (unpaired) electrons. The molecule has 0 atom stereocenters. The van der Waals surface area contributed by atoms with E-state index < -0.39 is 0 Å². The van der Waals surface area contributed by atoms with Gasteiger partial charge in [-0.25, -0.2) is 4.98 Å². The zero-order valence-electron chi connectivity index (χ0n) is 11.8. The lowest BCUT2D eigenvalue weighted by molar-refractivity contribution is 0.198. The summed E-state index contributed by atoms with van der Waals surface area (Å²) >= 11 is 0. The molecular formula is C15H17N5O. The molecular weight excluding hydrogens is 266 g/mol. The molecule has 0 aliphatic rings. The van der Waals surface area contributed by atoms with Crippen molar-refractivity contribution in [1.82, 2.24) is 9.97 Å². The predicted molar refractivity (Wildman–Crippen MR) is 81.5 cm³/mol. The smallest absolute Gasteiger partial charge is 0.229 e. The summed E-state index contributed by atoms with van der Waals surface area (Å²) in [6, 6.07) is 11.0. The van der Waals surface area contributed by atoms with E-state index in [-0.39, 0.29) is 0 Å². The Morgan fingerprint density at radius 1 is 1.24 bits per heavy atom. The standard InChI is InChI=1S/C15H17N5O/c1-21-10-2-8-17-14-7-9-18-15(20-14)19-13-5-3-12(11-16)4-6-13/h3-7,9H,2,8,10H2,1H3,(H2,17,18,19,20). The Balaban J connectivity index is 1.95. The first-order valence-corrected chi connectivity index (χ1v) is 6.65. The van der Waals surface area contributed by atoms with Crippen molar-refractivity contribution in [3.8, 4) is 6.07 Å². The van der Waals surface area contributed by atoms with Gasteiger partial charge in [0.1, 0.15) is 5.82 Å². The summed E-state index contributed by atoms with van der Waals surface area (Å²) in [4.78, 5) is 8.54. The van der Waals surface area contributed by atoms with Crippen LogP contribution in [0.15, 0.2) is 36.5 Å². The maximum absolute atomic E-state index is 8.76. The second kappa shape index (κ2) is 7.82. The van der Waals surface area contributed by atoms with Crippen molar-refractivity contribution in [2.75, 3.05) is 30.9 Å². The molecule has 2 aromatic rings. The van der Waals surface area contributed by atoms with Crippen LogP contribution in [0.25, 0.3) is 0 Å². The van der Waals surface area contributed by atoms with E-state index in [2.05, 4.69) is 26.7 Å². The second-order valence-electron chi connectivity index (χ2n) is 4.35. The summed E-state index contributed by atoms with van der Waals surface area (Å²) in [5.41, 5.74) is 1.46. The molecule has 2 N–H and O–H groups in total. The first-order chi connectivity index (χ1) is 10.3. The molecule has 6 heteroatoms. The minimum absolute atomic E-state index is 0.511. The number of nitriles is 1. The molecule has 0 unspecified atom stereocenters. The minimum atomic E-state index is 0.511. The highest BCUT2D eigenvalue weighted by atomic mass is 16.5. The van der Waals surface area contributed by atoms with Crippen LogP contribution in [-0.4, -0.2) is 30.2 Å². The number of benzene rings is 1. The SMILES string of the molecule is COCCCNc1ccnc(Nc2ccc(C#N)cc2)n1. The molecule has 0 amide bonds. The molecule has 0 bridgehead atoms. The van der Waals surface area contributed by atoms with Gasteiger partial charge in [-0.15, -0.1) is 0 Å². The van der Waals surface area contributed by atoms with E-state index in [1.165, 1.54) is 0 Å². The molecule has 21 heavy (non-hydrogen) atoms. The molecule has 108 valence electrons. The van der Waals surface area contributed by atoms with Gasteiger partial charge >= 0.3 is 0 Å². The van der Waals surface area contributed by atoms with Crippen LogP contribution in [0, 0.1) is 11.3 Å². The van der Waals surface area contributed by atoms with Crippen molar-refractivity contribution in [2.45, 2.75) is 6.42 Å². The van der Waals surface area contributed by atoms with Gasteiger partial charge in [-0.2, -0.15) is 10.2 Å². The summed E-state index contributed by atoms with van der Waals surface area (Å²) in [7, 11) is 1.68. The average molecular weight is 283 g/mol. The quantitative estimate of drug-likeness (QED) is 0.760. The van der Waals surface area contributed by atoms with Crippen molar-refractivity contribution in [3.63, 3.8) is 0 Å². The zero-order valence-corrected chi connectivity index (χ0v) is 11.8. The van der Waals surface area contributed by atoms with Crippen molar-refractivity contribution in [2.24, 2.45) is 0 Å². The average Bonchev–Trinajstić information content (AvgIpc) is 2.53. The van der Waals surface area contributed by atoms with E-state index in [0.29, 0.717) is 18.1 Å². The van der Waals surface area contributed by atoms with Crippen LogP contribution >= 0.6 is 0 Å². The van der Waals surface area contributed by atoms with E-state index in [9.17, 15) is 0 Å². The van der Waals surface area contributed by atoms with Crippen LogP contribution in [0.4, 0.5) is 17.5 Å². The van der Waals surface area contributed by atoms with Gasteiger partial charge in [0.25, 0.3) is 0 Å². The fourth-order valence-corrected chi connectivity index (χ4v) is 1.71. The number of nitrogens with zero attached hydrogens (tertiary/aromatic N) is 3. The van der Waals surface area contributed by atoms with E-state index in [0.717, 1.165) is 24.5 Å². The van der Waals surface area contributed by atoms with Gasteiger partial charge in [0.05, 0.1) is 11.6 Å². The third-order valence-corrected chi connectivity index (χ3v) is 2.76. The third-order valence-electron chi connectivity index (χ3n) is 2.76. The Morgan fingerprint density at radius 2 is 2.05 bits per heavy atom. The Morgan fingerprint density at radius 3 is 2.76 bits per heavy atom. The molecule has 0 aliphatic heterocycles. The van der Waals surface area contributed by atoms with Gasteiger partial charge in [0, 0.05) is 32.1 Å². The summed E-state index contributed by atoms with van der Waals surface area (Å²) in [5.74, 6) is 1.27. The first-order valence-electron chi connectivity index (χ1n) is 6.65. The Bertz CT molecular complexity index is 606. The highest BCUT2D eigenvalue weighted by Gasteiger charge is 2.00. The summed E-state index contributed by atoms with van der Waals surface area (Å²) in [6.07, 6.45) is 2.61. The monoisotopic (exact) mass is 283 g/mol. The summed E-state index contributed by atoms with van der Waals surface area (Å²) in [5, 5.41) is 15.1. The number of anilines is 3. The van der Waals surface area contributed by atoms with Crippen LogP contribution in [0.1, 0.15) is 12.0 Å². The lowest BCUT2D eigenvalue weighted by Gasteiger charge is -2.08. The fourth-order valence-electron chi connectivity index (χ4n) is 1.71. The van der Waals surface area contributed by atoms with Crippen LogP contribution < -0.4 is 10.6 Å². The van der Waals surface area contributed by atoms with Crippen LogP contribution in [-0.2, 0) is 4.74 Å². The number of nitrogens with one attached hydrogen (secondary N) is 2. The number of hydrogen-bond acceptors (Lipinski definition) is 6. The summed E-state index contributed by atoms with van der Waals surface area (Å²) < 4.78 is 4.99. The lowest BCUT2D eigenvalue weighted by atomic mass is 10.2. The second-order valence-corrected chi connectivity index (χ2v) is 4.35. The molecule has 1 aromatic heterocycles. The molecule has 6 nitrogen and oxygen atoms in total. The van der Waals surface area contributed by atoms with Gasteiger partial charge in [0.2, 0.25) is 5.95 Å². The van der Waals surface area contributed by atoms with Crippen molar-refractivity contribution < 1.29 is 4.74 Å². The molecule has 0 aliphatic carbocycles. The van der Waals surface area contributed by atoms with Gasteiger partial charge in [0.15, 0.2) is 0 Å². The van der Waals surface area contributed by atoms with Crippen molar-refractivity contribution in [1.29, 1.82) is 5.26 Å². The van der Waals surface area contributed by atoms with E-state index in [1.807, 2.05) is 18.2 Å². The normalized spacial score (nSPS) is 9.90. The van der Waals surface area contributed by atoms with Gasteiger partial charge < -0.3 is 15.4 Å². The number of methoxy groups -OCH3 is 1. The molecule has 0 fully saturated rings. The van der Waals surface area contributed by atoms with Gasteiger partial charge in [-0.1, -0.05) is 0 Å². The topological polar surface area (TPSA) is 82.9 Å². The fraction of sp³-hybridized carbons (Fsp3) is 0.267. The molecule has 0 spiro atoms. The molecule has 0 saturated carbocycles. The number of ether oxygens (including phenoxy) is 1. The highest BCUT2D eigenvalue weighted by Crippen LogP contribution is 2.14. The van der Waals surface area contributed by atoms with Crippen LogP contribution in [0.2, 0.25) is 0 Å². The molecule has 2 rings (SSSR count). The van der Waals surface area contributed by atoms with Crippen molar-refractivity contribution in [3.05, 3.63) is 42.1 Å². The highest BCUT2D eigenvalue weighted by molar-refractivity contribution is 5.56. The maximum atomic E-state index is 8.76. The Hall–Kier alpha value is -2.65. The summed E-state index contributed by atoms with van der Waals surface area (Å²) in [6.45, 7) is 1.51. The molecule has 1 heterocycles. The maximum Gasteiger partial charge on any atom is 0.229 e. The molecule has 0 saturated heterocycles. The number of aromatic nitrogens is 2.